The lowest BCUT2D eigenvalue weighted by molar-refractivity contribution is 0.0901. The molecule has 8 heteroatoms. The number of carboxylic acid groups (broad SMARTS) is 1. The van der Waals surface area contributed by atoms with Crippen molar-refractivity contribution in [2.75, 3.05) is 37.7 Å². The maximum atomic E-state index is 11.6. The van der Waals surface area contributed by atoms with Crippen molar-refractivity contribution in [3.05, 3.63) is 12.4 Å². The molecule has 2 rings (SSSR count). The van der Waals surface area contributed by atoms with Crippen LogP contribution >= 0.6 is 0 Å². The van der Waals surface area contributed by atoms with Crippen LogP contribution < -0.4 is 9.64 Å². The third-order valence-electron chi connectivity index (χ3n) is 4.12. The van der Waals surface area contributed by atoms with E-state index in [0.717, 1.165) is 0 Å². The van der Waals surface area contributed by atoms with Gasteiger partial charge in [0.05, 0.1) is 12.6 Å². The Kier molecular flexibility index (Phi) is 5.82. The molecule has 2 heterocycles. The summed E-state index contributed by atoms with van der Waals surface area (Å²) in [4.78, 5) is 23.8. The zero-order chi connectivity index (χ0) is 17.7. The highest BCUT2D eigenvalue weighted by Crippen LogP contribution is 2.31. The molecule has 0 aliphatic carbocycles. The number of nitrogens with zero attached hydrogens (tertiary/aromatic N) is 4. The number of carbonyl (C=O) groups is 1. The third-order valence-corrected chi connectivity index (χ3v) is 4.12. The summed E-state index contributed by atoms with van der Waals surface area (Å²) < 4.78 is 5.48. The van der Waals surface area contributed by atoms with Gasteiger partial charge in [-0.2, -0.15) is 0 Å². The third kappa shape index (κ3) is 4.25. The second kappa shape index (κ2) is 7.65. The van der Waals surface area contributed by atoms with Crippen molar-refractivity contribution in [1.82, 2.24) is 14.9 Å². The first-order valence-corrected chi connectivity index (χ1v) is 8.13. The smallest absolute Gasteiger partial charge is 0.407 e. The molecule has 134 valence electrons. The quantitative estimate of drug-likeness (QED) is 0.857. The van der Waals surface area contributed by atoms with Crippen molar-refractivity contribution < 1.29 is 19.7 Å². The Morgan fingerprint density at radius 1 is 1.33 bits per heavy atom. The minimum absolute atomic E-state index is 0.104. The van der Waals surface area contributed by atoms with E-state index in [1.807, 2.05) is 25.7 Å². The fraction of sp³-hybridized carbons (Fsp3) is 0.688. The molecule has 1 aromatic heterocycles. The Morgan fingerprint density at radius 3 is 2.67 bits per heavy atom. The van der Waals surface area contributed by atoms with Crippen LogP contribution in [-0.4, -0.2) is 70.1 Å². The number of aliphatic hydroxyl groups excluding tert-OH is 1. The fourth-order valence-corrected chi connectivity index (χ4v) is 2.93. The molecule has 0 aromatic carbocycles. The first kappa shape index (κ1) is 18.3. The molecule has 0 spiro atoms. The summed E-state index contributed by atoms with van der Waals surface area (Å²) in [6.07, 6.45) is 2.94. The van der Waals surface area contributed by atoms with Crippen molar-refractivity contribution in [3.63, 3.8) is 0 Å². The van der Waals surface area contributed by atoms with E-state index in [0.29, 0.717) is 37.8 Å². The van der Waals surface area contributed by atoms with Gasteiger partial charge in [-0.25, -0.2) is 14.8 Å². The Bertz CT molecular complexity index is 561. The van der Waals surface area contributed by atoms with Gasteiger partial charge in [0, 0.05) is 32.0 Å². The number of rotatable bonds is 4. The summed E-state index contributed by atoms with van der Waals surface area (Å²) in [7, 11) is 0. The Labute approximate surface area is 142 Å². The normalized spacial score (nSPS) is 19.1. The van der Waals surface area contributed by atoms with Crippen molar-refractivity contribution in [2.24, 2.45) is 5.41 Å². The molecule has 1 unspecified atom stereocenters. The van der Waals surface area contributed by atoms with E-state index in [1.165, 1.54) is 4.90 Å². The highest BCUT2D eigenvalue weighted by Gasteiger charge is 2.37. The lowest BCUT2D eigenvalue weighted by Gasteiger charge is -2.39. The van der Waals surface area contributed by atoms with Gasteiger partial charge in [-0.3, -0.25) is 0 Å². The minimum Gasteiger partial charge on any atom is -0.473 e. The van der Waals surface area contributed by atoms with E-state index in [9.17, 15) is 9.90 Å². The summed E-state index contributed by atoms with van der Waals surface area (Å²) in [5.74, 6) is 0.954. The van der Waals surface area contributed by atoms with Crippen molar-refractivity contribution in [3.8, 4) is 5.88 Å². The Morgan fingerprint density at radius 2 is 2.04 bits per heavy atom. The molecule has 0 radical (unpaired) electrons. The molecule has 0 saturated carbocycles. The van der Waals surface area contributed by atoms with Crippen LogP contribution in [0.3, 0.4) is 0 Å². The number of aliphatic hydroxyl groups is 1. The zero-order valence-corrected chi connectivity index (χ0v) is 14.5. The van der Waals surface area contributed by atoms with E-state index >= 15 is 0 Å². The van der Waals surface area contributed by atoms with Crippen LogP contribution in [0.4, 0.5) is 10.6 Å². The molecule has 8 nitrogen and oxygen atoms in total. The highest BCUT2D eigenvalue weighted by molar-refractivity contribution is 5.66. The molecule has 1 aliphatic heterocycles. The van der Waals surface area contributed by atoms with Gasteiger partial charge in [0.1, 0.15) is 6.61 Å². The molecule has 24 heavy (non-hydrogen) atoms. The Hall–Kier alpha value is -2.09. The van der Waals surface area contributed by atoms with Crippen LogP contribution in [-0.2, 0) is 0 Å². The van der Waals surface area contributed by atoms with E-state index in [2.05, 4.69) is 9.97 Å². The molecule has 2 N–H and O–H groups in total. The van der Waals surface area contributed by atoms with Gasteiger partial charge in [0.2, 0.25) is 0 Å². The van der Waals surface area contributed by atoms with E-state index in [-0.39, 0.29) is 24.7 Å². The van der Waals surface area contributed by atoms with E-state index in [1.54, 1.807) is 12.4 Å². The lowest BCUT2D eigenvalue weighted by Crippen LogP contribution is -2.51. The van der Waals surface area contributed by atoms with E-state index < -0.39 is 6.09 Å². The Balaban J connectivity index is 2.30. The summed E-state index contributed by atoms with van der Waals surface area (Å²) >= 11 is 0. The summed E-state index contributed by atoms with van der Waals surface area (Å²) in [6, 6.07) is -0.176. The first-order chi connectivity index (χ1) is 11.3. The van der Waals surface area contributed by atoms with Gasteiger partial charge in [-0.15, -0.1) is 0 Å². The first-order valence-electron chi connectivity index (χ1n) is 8.13. The molecular formula is C16H26N4O4. The average Bonchev–Trinajstić information content (AvgIpc) is 2.76. The second-order valence-electron chi connectivity index (χ2n) is 6.91. The van der Waals surface area contributed by atoms with E-state index in [4.69, 9.17) is 9.84 Å². The maximum absolute atomic E-state index is 11.6. The topological polar surface area (TPSA) is 99.0 Å². The van der Waals surface area contributed by atoms with Gasteiger partial charge in [0.15, 0.2) is 5.82 Å². The summed E-state index contributed by atoms with van der Waals surface area (Å²) in [5, 5.41) is 18.5. The number of hydrogen-bond donors (Lipinski definition) is 2. The monoisotopic (exact) mass is 338 g/mol. The molecule has 1 fully saturated rings. The second-order valence-corrected chi connectivity index (χ2v) is 6.91. The number of aromatic nitrogens is 2. The van der Waals surface area contributed by atoms with Crippen molar-refractivity contribution in [1.29, 1.82) is 0 Å². The number of anilines is 1. The van der Waals surface area contributed by atoms with Gasteiger partial charge in [0.25, 0.3) is 5.88 Å². The van der Waals surface area contributed by atoms with Crippen LogP contribution in [0.25, 0.3) is 0 Å². The van der Waals surface area contributed by atoms with Crippen LogP contribution in [0.15, 0.2) is 12.4 Å². The van der Waals surface area contributed by atoms with Crippen LogP contribution in [0.1, 0.15) is 27.2 Å². The zero-order valence-electron chi connectivity index (χ0n) is 14.5. The number of ether oxygens (including phenoxy) is 1. The summed E-state index contributed by atoms with van der Waals surface area (Å²) in [6.45, 7) is 7.83. The van der Waals surface area contributed by atoms with Crippen molar-refractivity contribution in [2.45, 2.75) is 33.2 Å². The number of hydrogen-bond acceptors (Lipinski definition) is 6. The number of amides is 1. The summed E-state index contributed by atoms with van der Waals surface area (Å²) in [5.41, 5.74) is -0.213. The van der Waals surface area contributed by atoms with Gasteiger partial charge in [-0.05, 0) is 11.8 Å². The molecule has 1 aromatic rings. The lowest BCUT2D eigenvalue weighted by atomic mass is 9.85. The molecule has 0 bridgehead atoms. The van der Waals surface area contributed by atoms with Gasteiger partial charge >= 0.3 is 6.09 Å². The fourth-order valence-electron chi connectivity index (χ4n) is 2.93. The predicted octanol–water partition coefficient (Wildman–Crippen LogP) is 1.45. The highest BCUT2D eigenvalue weighted by atomic mass is 16.5. The molecular weight excluding hydrogens is 312 g/mol. The van der Waals surface area contributed by atoms with Gasteiger partial charge < -0.3 is 24.7 Å². The molecule has 1 aliphatic rings. The largest absolute Gasteiger partial charge is 0.473 e. The predicted molar refractivity (Wildman–Crippen MR) is 89.4 cm³/mol. The van der Waals surface area contributed by atoms with Crippen LogP contribution in [0.2, 0.25) is 0 Å². The average molecular weight is 338 g/mol. The van der Waals surface area contributed by atoms with Gasteiger partial charge in [-0.1, -0.05) is 20.8 Å². The molecule has 1 amide bonds. The maximum Gasteiger partial charge on any atom is 0.407 e. The minimum atomic E-state index is -0.896. The van der Waals surface area contributed by atoms with Crippen LogP contribution in [0, 0.1) is 5.41 Å². The standard InChI is InChI=1S/C16H26N4O4/c1-16(2,3)12-11-19(7-4-8-20(12)15(22)23)13-14(24-10-9-21)18-6-5-17-13/h5-6,12,21H,4,7-11H2,1-3H3,(H,22,23). The van der Waals surface area contributed by atoms with Crippen molar-refractivity contribution >= 4 is 11.9 Å². The molecule has 1 saturated heterocycles. The molecule has 1 atom stereocenters. The van der Waals surface area contributed by atoms with Crippen LogP contribution in [0.5, 0.6) is 5.88 Å². The SMILES string of the molecule is CC(C)(C)C1CN(c2nccnc2OCCO)CCCN1C(=O)O.